The highest BCUT2D eigenvalue weighted by Gasteiger charge is 2.26. The van der Waals surface area contributed by atoms with Crippen molar-refractivity contribution in [2.24, 2.45) is 5.73 Å². The van der Waals surface area contributed by atoms with Crippen LogP contribution in [-0.4, -0.2) is 135 Å². The summed E-state index contributed by atoms with van der Waals surface area (Å²) < 4.78 is 20.1. The molecule has 6 aromatic heterocycles. The first-order chi connectivity index (χ1) is 54.9. The summed E-state index contributed by atoms with van der Waals surface area (Å²) in [4.78, 5) is 97.8. The Labute approximate surface area is 654 Å². The molecule has 0 saturated carbocycles. The number of ether oxygens (including phenoxy) is 3. The number of hydrogen-bond acceptors (Lipinski definition) is 22. The average Bonchev–Trinajstić information content (AvgIpc) is 1.63. The zero-order chi connectivity index (χ0) is 79.9. The van der Waals surface area contributed by atoms with Crippen LogP contribution in [0.1, 0.15) is 53.7 Å². The van der Waals surface area contributed by atoms with E-state index in [1.54, 1.807) is 30.7 Å². The minimum absolute atomic E-state index is 0.146. The van der Waals surface area contributed by atoms with Crippen molar-refractivity contribution in [3.05, 3.63) is 290 Å². The Balaban J connectivity index is 0.000000163. The number of halogens is 1. The fourth-order valence-corrected chi connectivity index (χ4v) is 11.7. The van der Waals surface area contributed by atoms with E-state index in [0.29, 0.717) is 98.0 Å². The number of fused-ring (bicyclic) bond motifs is 3. The van der Waals surface area contributed by atoms with Crippen molar-refractivity contribution in [3.63, 3.8) is 0 Å². The number of nitrogens with one attached hydrogen (secondary N) is 6. The van der Waals surface area contributed by atoms with Gasteiger partial charge in [-0.3, -0.25) is 33.9 Å². The summed E-state index contributed by atoms with van der Waals surface area (Å²) in [6, 6.07) is 63.6. The number of carbonyl (C=O) groups is 6. The molecule has 2 amide bonds. The standard InChI is InChI=1S/C31H28N6O3.C28H26N6O2.C23H20N6O3.C3H3ClO/c1-4-27(39)32-17-25(38)29-28-30(33-19-34-31(28)37(36-29)18-21-12-10-20(2)11-13-21)35-24-16-23(14-15-26(24)40-3)22-8-6-5-7-9-22;1-18-8-10-19(11-9-18)16-34-28-25(26(33-34)23(35)15-29)27(30-17-31-28)32-22-14-21(12-13-24(22)36-2)20-6-4-3-5-7-20;1-3-19(31)24-12-17(30)21-20-22(25-13-26-23(20)29-28-21)27-16-11-15(9-10-18(16)32-2)14-7-5-4-6-8-14;1-2-3(4)5/h4-16,19H,1,17-18H2,2-3H3,(H,32,39)(H,33,34,35);3-14,17H,15-16,29H2,1-2H3,(H,30,31,32);3-11,13H,1,12H2,2H3,(H,24,31)(H2,25,26,27,28,29);2H,1H2. The Bertz CT molecular complexity index is 5800. The van der Waals surface area contributed by atoms with Crippen LogP contribution >= 0.6 is 11.6 Å². The zero-order valence-electron chi connectivity index (χ0n) is 62.1. The van der Waals surface area contributed by atoms with Gasteiger partial charge in [0, 0.05) is 0 Å². The number of aromatic amines is 1. The number of nitrogens with two attached hydrogens (primary N) is 1. The van der Waals surface area contributed by atoms with Crippen LogP contribution in [0, 0.1) is 13.8 Å². The van der Waals surface area contributed by atoms with Crippen LogP contribution in [0.25, 0.3) is 66.5 Å². The van der Waals surface area contributed by atoms with Gasteiger partial charge in [0.1, 0.15) is 70.8 Å². The molecule has 6 heterocycles. The highest BCUT2D eigenvalue weighted by Crippen LogP contribution is 2.39. The van der Waals surface area contributed by atoms with Crippen molar-refractivity contribution in [1.82, 2.24) is 70.3 Å². The van der Waals surface area contributed by atoms with Crippen LogP contribution in [0.4, 0.5) is 34.5 Å². The van der Waals surface area contributed by atoms with Crippen LogP contribution in [0.5, 0.6) is 17.2 Å². The molecular weight excluding hydrogens is 1450 g/mol. The first-order valence-electron chi connectivity index (χ1n) is 35.1. The lowest BCUT2D eigenvalue weighted by Crippen LogP contribution is -2.28. The number of ketones is 3. The smallest absolute Gasteiger partial charge is 0.244 e. The SMILES string of the molecule is C=CC(=O)Cl.C=CC(=O)NCC(=O)c1[nH]nc2ncnc(Nc3cc(-c4ccccc4)ccc3OC)c12.C=CC(=O)NCC(=O)c1nn(Cc2ccc(C)cc2)c2ncnc(Nc3cc(-c4ccccc4)ccc3OC)c12.COc1ccc(-c2ccccc2)cc1Nc1ncnc2c1c(C(=O)CN)nn2Cc1ccc(C)cc1. The molecule has 0 atom stereocenters. The number of benzene rings is 8. The molecule has 0 saturated heterocycles. The van der Waals surface area contributed by atoms with Crippen molar-refractivity contribution >= 4 is 114 Å². The molecule has 0 bridgehead atoms. The lowest BCUT2D eigenvalue weighted by atomic mass is 10.0. The Morgan fingerprint density at radius 1 is 0.451 bits per heavy atom. The second-order valence-corrected chi connectivity index (χ2v) is 25.3. The van der Waals surface area contributed by atoms with Gasteiger partial charge in [0.2, 0.25) is 28.6 Å². The van der Waals surface area contributed by atoms with Gasteiger partial charge < -0.3 is 46.5 Å². The van der Waals surface area contributed by atoms with E-state index in [1.807, 2.05) is 208 Å². The number of anilines is 6. The number of nitrogens with zero attached hydrogens (tertiary/aromatic N) is 11. The monoisotopic (exact) mass is 1530 g/mol. The van der Waals surface area contributed by atoms with Gasteiger partial charge in [0.15, 0.2) is 22.7 Å². The number of amides is 2. The second kappa shape index (κ2) is 37.9. The third-order valence-electron chi connectivity index (χ3n) is 17.4. The fourth-order valence-electron chi connectivity index (χ4n) is 11.7. The number of methoxy groups -OCH3 is 3. The molecule has 27 nitrogen and oxygen atoms in total. The van der Waals surface area contributed by atoms with Crippen molar-refractivity contribution in [1.29, 1.82) is 0 Å². The molecule has 0 spiro atoms. The molecule has 0 fully saturated rings. The quantitative estimate of drug-likeness (QED) is 0.0143. The van der Waals surface area contributed by atoms with E-state index in [9.17, 15) is 28.8 Å². The lowest BCUT2D eigenvalue weighted by Gasteiger charge is -2.13. The maximum absolute atomic E-state index is 13.3. The number of H-pyrrole nitrogens is 1. The Kier molecular flexibility index (Phi) is 26.6. The molecule has 568 valence electrons. The number of rotatable bonds is 27. The van der Waals surface area contributed by atoms with Gasteiger partial charge in [-0.25, -0.2) is 39.3 Å². The first-order valence-corrected chi connectivity index (χ1v) is 35.5. The van der Waals surface area contributed by atoms with E-state index in [1.165, 1.54) is 24.5 Å². The molecule has 113 heavy (non-hydrogen) atoms. The minimum Gasteiger partial charge on any atom is -0.495 e. The number of aromatic nitrogens is 12. The summed E-state index contributed by atoms with van der Waals surface area (Å²) in [6.45, 7) is 14.2. The zero-order valence-corrected chi connectivity index (χ0v) is 62.9. The summed E-state index contributed by atoms with van der Waals surface area (Å²) in [5.74, 6) is 1.13. The molecule has 8 N–H and O–H groups in total. The number of allylic oxidation sites excluding steroid dienone is 1. The predicted octanol–water partition coefficient (Wildman–Crippen LogP) is 14.0. The highest BCUT2D eigenvalue weighted by molar-refractivity contribution is 6.66. The number of hydrogen-bond donors (Lipinski definition) is 7. The summed E-state index contributed by atoms with van der Waals surface area (Å²) in [6.07, 6.45) is 7.50. The summed E-state index contributed by atoms with van der Waals surface area (Å²) in [7, 11) is 4.78. The molecule has 0 aliphatic heterocycles. The summed E-state index contributed by atoms with van der Waals surface area (Å²) in [5.41, 5.74) is 20.1. The maximum Gasteiger partial charge on any atom is 0.244 e. The third-order valence-corrected chi connectivity index (χ3v) is 17.5. The number of carbonyl (C=O) groups excluding carboxylic acids is 6. The highest BCUT2D eigenvalue weighted by atomic mass is 35.5. The van der Waals surface area contributed by atoms with E-state index in [-0.39, 0.29) is 54.1 Å². The lowest BCUT2D eigenvalue weighted by molar-refractivity contribution is -0.117. The topological polar surface area (TPSA) is 358 Å². The molecular formula is C85H77ClN18O9. The van der Waals surface area contributed by atoms with Crippen molar-refractivity contribution in [3.8, 4) is 50.6 Å². The van der Waals surface area contributed by atoms with Gasteiger partial charge in [-0.1, -0.05) is 189 Å². The Morgan fingerprint density at radius 2 is 0.814 bits per heavy atom. The van der Waals surface area contributed by atoms with E-state index >= 15 is 0 Å². The molecule has 28 heteroatoms. The minimum atomic E-state index is -0.509. The van der Waals surface area contributed by atoms with Gasteiger partial charge in [0.05, 0.1) is 87.3 Å². The Morgan fingerprint density at radius 3 is 1.18 bits per heavy atom. The fraction of sp³-hybridized carbons (Fsp3) is 0.118. The van der Waals surface area contributed by atoms with Gasteiger partial charge in [-0.2, -0.15) is 15.3 Å². The van der Waals surface area contributed by atoms with Gasteiger partial charge in [0.25, 0.3) is 0 Å². The number of Topliss-reactive ketones (excluding diaryl/α,β-unsaturated/α-hetero) is 3. The summed E-state index contributed by atoms with van der Waals surface area (Å²) in [5, 5.41) is 31.8. The molecule has 14 rings (SSSR count). The normalized spacial score (nSPS) is 10.6. The van der Waals surface area contributed by atoms with Gasteiger partial charge in [-0.15, -0.1) is 0 Å². The van der Waals surface area contributed by atoms with Crippen LogP contribution in [0.3, 0.4) is 0 Å². The molecule has 0 aliphatic rings. The predicted molar refractivity (Wildman–Crippen MR) is 438 cm³/mol. The third kappa shape index (κ3) is 19.8. The second-order valence-electron chi connectivity index (χ2n) is 24.9. The van der Waals surface area contributed by atoms with E-state index < -0.39 is 17.1 Å². The Hall–Kier alpha value is -14.7. The van der Waals surface area contributed by atoms with Crippen LogP contribution in [0.15, 0.2) is 251 Å². The van der Waals surface area contributed by atoms with E-state index in [4.69, 9.17) is 31.5 Å². The molecule has 0 aliphatic carbocycles. The van der Waals surface area contributed by atoms with Crippen LogP contribution in [0.2, 0.25) is 0 Å². The van der Waals surface area contributed by atoms with E-state index in [0.717, 1.165) is 68.3 Å². The van der Waals surface area contributed by atoms with Crippen LogP contribution < -0.4 is 46.5 Å². The molecule has 14 aromatic rings. The summed E-state index contributed by atoms with van der Waals surface area (Å²) >= 11 is 4.71. The number of aryl methyl sites for hydroxylation is 2. The molecule has 8 aromatic carbocycles. The van der Waals surface area contributed by atoms with E-state index in [2.05, 4.69) is 96.6 Å². The van der Waals surface area contributed by atoms with Crippen molar-refractivity contribution in [2.75, 3.05) is 56.9 Å². The van der Waals surface area contributed by atoms with Crippen LogP contribution in [-0.2, 0) is 27.5 Å². The maximum atomic E-state index is 13.3. The first kappa shape index (κ1) is 79.3. The average molecular weight is 1530 g/mol. The van der Waals surface area contributed by atoms with Gasteiger partial charge >= 0.3 is 0 Å². The van der Waals surface area contributed by atoms with Crippen molar-refractivity contribution in [2.45, 2.75) is 26.9 Å². The molecule has 0 unspecified atom stereocenters. The van der Waals surface area contributed by atoms with Gasteiger partial charge in [-0.05, 0) is 125 Å². The van der Waals surface area contributed by atoms with Crippen molar-refractivity contribution < 1.29 is 43.0 Å². The largest absolute Gasteiger partial charge is 0.495 e. The molecule has 0 radical (unpaired) electrons.